The van der Waals surface area contributed by atoms with Gasteiger partial charge in [0.05, 0.1) is 0 Å². The molecule has 1 heteroatoms. The zero-order valence-electron chi connectivity index (χ0n) is 14.0. The minimum atomic E-state index is 1.24. The Morgan fingerprint density at radius 1 is 0.667 bits per heavy atom. The molecular formula is C23H20N+. The number of fused-ring (bicyclic) bond motifs is 1. The van der Waals surface area contributed by atoms with E-state index in [9.17, 15) is 0 Å². The van der Waals surface area contributed by atoms with Crippen molar-refractivity contribution in [2.24, 2.45) is 7.05 Å². The predicted molar refractivity (Wildman–Crippen MR) is 101 cm³/mol. The maximum absolute atomic E-state index is 2.30. The van der Waals surface area contributed by atoms with E-state index in [1.54, 1.807) is 0 Å². The molecule has 0 atom stereocenters. The van der Waals surface area contributed by atoms with Crippen LogP contribution in [0.3, 0.4) is 0 Å². The van der Waals surface area contributed by atoms with Crippen molar-refractivity contribution in [1.82, 2.24) is 0 Å². The molecule has 0 bridgehead atoms. The summed E-state index contributed by atoms with van der Waals surface area (Å²) in [4.78, 5) is 0. The molecule has 0 aliphatic heterocycles. The molecule has 1 heterocycles. The van der Waals surface area contributed by atoms with E-state index in [0.29, 0.717) is 0 Å². The lowest BCUT2D eigenvalue weighted by Crippen LogP contribution is -2.30. The van der Waals surface area contributed by atoms with Crippen molar-refractivity contribution in [3.63, 3.8) is 0 Å². The van der Waals surface area contributed by atoms with Gasteiger partial charge in [-0.2, -0.15) is 0 Å². The Balaban J connectivity index is 1.92. The Kier molecular flexibility index (Phi) is 3.62. The zero-order chi connectivity index (χ0) is 16.5. The Hall–Kier alpha value is -2.93. The Labute approximate surface area is 142 Å². The van der Waals surface area contributed by atoms with Crippen LogP contribution >= 0.6 is 0 Å². The minimum Gasteiger partial charge on any atom is -0.200 e. The summed E-state index contributed by atoms with van der Waals surface area (Å²) < 4.78 is 2.22. The third-order valence-electron chi connectivity index (χ3n) is 4.62. The van der Waals surface area contributed by atoms with Gasteiger partial charge in [0, 0.05) is 17.0 Å². The highest BCUT2D eigenvalue weighted by atomic mass is 14.9. The van der Waals surface area contributed by atoms with E-state index in [4.69, 9.17) is 0 Å². The monoisotopic (exact) mass is 310 g/mol. The Morgan fingerprint density at radius 3 is 2.17 bits per heavy atom. The van der Waals surface area contributed by atoms with Gasteiger partial charge in [-0.1, -0.05) is 60.7 Å². The molecule has 3 aromatic carbocycles. The quantitative estimate of drug-likeness (QED) is 0.442. The number of pyridine rings is 1. The van der Waals surface area contributed by atoms with Crippen LogP contribution in [0.2, 0.25) is 0 Å². The van der Waals surface area contributed by atoms with E-state index in [0.717, 1.165) is 0 Å². The summed E-state index contributed by atoms with van der Waals surface area (Å²) in [6.45, 7) is 2.18. The third kappa shape index (κ3) is 2.59. The molecule has 0 radical (unpaired) electrons. The summed E-state index contributed by atoms with van der Waals surface area (Å²) in [6, 6.07) is 28.1. The van der Waals surface area contributed by atoms with Crippen LogP contribution in [0.15, 0.2) is 85.1 Å². The molecule has 4 rings (SSSR count). The summed E-state index contributed by atoms with van der Waals surface area (Å²) in [5.74, 6) is 0. The number of hydrogen-bond donors (Lipinski definition) is 0. The fourth-order valence-corrected chi connectivity index (χ4v) is 3.26. The largest absolute Gasteiger partial charge is 0.213 e. The van der Waals surface area contributed by atoms with Gasteiger partial charge in [0.2, 0.25) is 5.69 Å². The van der Waals surface area contributed by atoms with Crippen molar-refractivity contribution < 1.29 is 4.57 Å². The van der Waals surface area contributed by atoms with Crippen LogP contribution in [0.5, 0.6) is 0 Å². The van der Waals surface area contributed by atoms with Crippen molar-refractivity contribution >= 4 is 10.8 Å². The van der Waals surface area contributed by atoms with Crippen LogP contribution in [0.4, 0.5) is 0 Å². The molecule has 1 nitrogen and oxygen atoms in total. The van der Waals surface area contributed by atoms with Crippen LogP contribution in [-0.2, 0) is 7.05 Å². The second kappa shape index (κ2) is 5.93. The van der Waals surface area contributed by atoms with E-state index in [-0.39, 0.29) is 0 Å². The number of rotatable bonds is 2. The Bertz CT molecular complexity index is 1020. The van der Waals surface area contributed by atoms with Crippen molar-refractivity contribution in [1.29, 1.82) is 0 Å². The predicted octanol–water partition coefficient (Wildman–Crippen LogP) is 5.31. The van der Waals surface area contributed by atoms with Gasteiger partial charge in [0.1, 0.15) is 7.05 Å². The van der Waals surface area contributed by atoms with Crippen molar-refractivity contribution in [3.8, 4) is 22.4 Å². The second-order valence-electron chi connectivity index (χ2n) is 6.29. The molecule has 0 aliphatic carbocycles. The first-order valence-corrected chi connectivity index (χ1v) is 8.27. The molecule has 0 unspecified atom stereocenters. The molecule has 1 aromatic heterocycles. The van der Waals surface area contributed by atoms with Gasteiger partial charge >= 0.3 is 0 Å². The van der Waals surface area contributed by atoms with E-state index in [2.05, 4.69) is 104 Å². The van der Waals surface area contributed by atoms with Crippen molar-refractivity contribution in [3.05, 3.63) is 90.6 Å². The highest BCUT2D eigenvalue weighted by Crippen LogP contribution is 2.29. The van der Waals surface area contributed by atoms with E-state index >= 15 is 0 Å². The lowest BCUT2D eigenvalue weighted by atomic mass is 9.97. The van der Waals surface area contributed by atoms with Crippen molar-refractivity contribution in [2.45, 2.75) is 6.92 Å². The van der Waals surface area contributed by atoms with E-state index in [1.165, 1.54) is 38.7 Å². The molecule has 0 saturated heterocycles. The standard InChI is InChI=1S/C23H20N/c1-17-12-13-20(18-8-4-3-5-9-18)14-22(17)23-15-19-10-6-7-11-21(19)16-24(23)2/h3-16H,1-2H3/q+1. The molecule has 0 N–H and O–H groups in total. The molecule has 0 spiro atoms. The molecular weight excluding hydrogens is 290 g/mol. The van der Waals surface area contributed by atoms with Crippen molar-refractivity contribution in [2.75, 3.05) is 0 Å². The molecule has 4 aromatic rings. The van der Waals surface area contributed by atoms with Gasteiger partial charge in [-0.05, 0) is 41.1 Å². The summed E-state index contributed by atoms with van der Waals surface area (Å²) in [6.07, 6.45) is 2.21. The number of hydrogen-bond acceptors (Lipinski definition) is 0. The summed E-state index contributed by atoms with van der Waals surface area (Å²) in [5, 5.41) is 2.54. The van der Waals surface area contributed by atoms with Gasteiger partial charge in [-0.15, -0.1) is 0 Å². The maximum atomic E-state index is 2.30. The smallest absolute Gasteiger partial charge is 0.200 e. The average Bonchev–Trinajstić information content (AvgIpc) is 2.62. The SMILES string of the molecule is Cc1ccc(-c2ccccc2)cc1-c1cc2ccccc2c[n+]1C. The fourth-order valence-electron chi connectivity index (χ4n) is 3.26. The highest BCUT2D eigenvalue weighted by molar-refractivity contribution is 5.84. The van der Waals surface area contributed by atoms with Gasteiger partial charge < -0.3 is 0 Å². The number of nitrogens with zero attached hydrogens (tertiary/aromatic N) is 1. The molecule has 24 heavy (non-hydrogen) atoms. The van der Waals surface area contributed by atoms with Gasteiger partial charge in [-0.25, -0.2) is 4.57 Å². The molecule has 0 amide bonds. The minimum absolute atomic E-state index is 1.24. The topological polar surface area (TPSA) is 3.88 Å². The first kappa shape index (κ1) is 14.6. The van der Waals surface area contributed by atoms with Crippen LogP contribution in [0.25, 0.3) is 33.2 Å². The van der Waals surface area contributed by atoms with E-state index in [1.807, 2.05) is 0 Å². The van der Waals surface area contributed by atoms with Crippen LogP contribution in [-0.4, -0.2) is 0 Å². The lowest BCUT2D eigenvalue weighted by molar-refractivity contribution is -0.659. The summed E-state index contributed by atoms with van der Waals surface area (Å²) in [7, 11) is 2.12. The molecule has 116 valence electrons. The normalized spacial score (nSPS) is 10.9. The average molecular weight is 310 g/mol. The number of benzene rings is 3. The Morgan fingerprint density at radius 2 is 1.38 bits per heavy atom. The number of aromatic nitrogens is 1. The lowest BCUT2D eigenvalue weighted by Gasteiger charge is -2.09. The molecule has 0 aliphatic rings. The maximum Gasteiger partial charge on any atom is 0.213 e. The molecule has 0 fully saturated rings. The zero-order valence-corrected chi connectivity index (χ0v) is 14.0. The summed E-state index contributed by atoms with van der Waals surface area (Å²) >= 11 is 0. The van der Waals surface area contributed by atoms with Gasteiger partial charge in [-0.3, -0.25) is 0 Å². The highest BCUT2D eigenvalue weighted by Gasteiger charge is 2.15. The molecule has 0 saturated carbocycles. The first-order chi connectivity index (χ1) is 11.7. The van der Waals surface area contributed by atoms with Crippen LogP contribution in [0, 0.1) is 6.92 Å². The summed E-state index contributed by atoms with van der Waals surface area (Å²) in [5.41, 5.74) is 6.32. The third-order valence-corrected chi connectivity index (χ3v) is 4.62. The van der Waals surface area contributed by atoms with Crippen LogP contribution < -0.4 is 4.57 Å². The fraction of sp³-hybridized carbons (Fsp3) is 0.0870. The first-order valence-electron chi connectivity index (χ1n) is 8.27. The van der Waals surface area contributed by atoms with Gasteiger partial charge in [0.25, 0.3) is 0 Å². The second-order valence-corrected chi connectivity index (χ2v) is 6.29. The van der Waals surface area contributed by atoms with E-state index < -0.39 is 0 Å². The van der Waals surface area contributed by atoms with Crippen LogP contribution in [0.1, 0.15) is 5.56 Å². The van der Waals surface area contributed by atoms with Gasteiger partial charge in [0.15, 0.2) is 6.20 Å². The number of aryl methyl sites for hydroxylation is 2.